The summed E-state index contributed by atoms with van der Waals surface area (Å²) >= 11 is 0. The minimum Gasteiger partial charge on any atom is -0.393 e. The molecule has 0 aliphatic heterocycles. The van der Waals surface area contributed by atoms with Crippen LogP contribution in [0.15, 0.2) is 22.9 Å². The summed E-state index contributed by atoms with van der Waals surface area (Å²) in [4.78, 5) is 10.7. The molecule has 4 aliphatic carbocycles. The fourth-order valence-corrected chi connectivity index (χ4v) is 9.46. The number of hydrogen-bond acceptors (Lipinski definition) is 3. The molecular formula is C29H47NO3. The van der Waals surface area contributed by atoms with Gasteiger partial charge in [0.15, 0.2) is 0 Å². The van der Waals surface area contributed by atoms with Crippen molar-refractivity contribution in [2.75, 3.05) is 0 Å². The Morgan fingerprint density at radius 1 is 1.09 bits per heavy atom. The van der Waals surface area contributed by atoms with Gasteiger partial charge in [-0.05, 0) is 110 Å². The second kappa shape index (κ2) is 8.21. The van der Waals surface area contributed by atoms with Gasteiger partial charge >= 0.3 is 0 Å². The Hall–Kier alpha value is -1.16. The van der Waals surface area contributed by atoms with Crippen molar-refractivity contribution in [1.29, 1.82) is 0 Å². The molecule has 4 rings (SSSR count). The van der Waals surface area contributed by atoms with Crippen molar-refractivity contribution in [2.24, 2.45) is 39.4 Å². The van der Waals surface area contributed by atoms with Crippen LogP contribution in [0.25, 0.3) is 0 Å². The van der Waals surface area contributed by atoms with Gasteiger partial charge in [-0.15, -0.1) is 0 Å². The third kappa shape index (κ3) is 3.56. The maximum Gasteiger partial charge on any atom is 0.239 e. The summed E-state index contributed by atoms with van der Waals surface area (Å²) < 4.78 is 0. The lowest BCUT2D eigenvalue weighted by Gasteiger charge is -2.62. The normalized spacial score (nSPS) is 43.5. The highest BCUT2D eigenvalue weighted by atomic mass is 16.6. The van der Waals surface area contributed by atoms with Crippen LogP contribution in [-0.2, 0) is 0 Å². The number of nitro groups is 1. The van der Waals surface area contributed by atoms with Crippen molar-refractivity contribution < 1.29 is 10.0 Å². The van der Waals surface area contributed by atoms with Crippen LogP contribution in [0.2, 0.25) is 0 Å². The van der Waals surface area contributed by atoms with E-state index >= 15 is 0 Å². The first-order chi connectivity index (χ1) is 15.3. The molecule has 186 valence electrons. The molecule has 0 spiro atoms. The van der Waals surface area contributed by atoms with Gasteiger partial charge in [-0.2, -0.15) is 0 Å². The Kier molecular flexibility index (Phi) is 6.21. The van der Waals surface area contributed by atoms with Crippen molar-refractivity contribution in [1.82, 2.24) is 0 Å². The number of aliphatic hydroxyl groups excluding tert-OH is 1. The van der Waals surface area contributed by atoms with Gasteiger partial charge in [-0.25, -0.2) is 0 Å². The first-order valence-electron chi connectivity index (χ1n) is 13.5. The molecule has 4 aliphatic rings. The van der Waals surface area contributed by atoms with Crippen LogP contribution in [0.1, 0.15) is 113 Å². The summed E-state index contributed by atoms with van der Waals surface area (Å²) in [6, 6.07) is 0. The fourth-order valence-electron chi connectivity index (χ4n) is 9.46. The van der Waals surface area contributed by atoms with Gasteiger partial charge in [0.05, 0.1) is 11.0 Å². The highest BCUT2D eigenvalue weighted by Crippen LogP contribution is 2.72. The smallest absolute Gasteiger partial charge is 0.239 e. The highest BCUT2D eigenvalue weighted by molar-refractivity contribution is 5.38. The molecule has 7 atom stereocenters. The summed E-state index contributed by atoms with van der Waals surface area (Å²) in [7, 11) is 0. The number of aliphatic hydroxyl groups is 1. The van der Waals surface area contributed by atoms with Gasteiger partial charge < -0.3 is 5.11 Å². The Bertz CT molecular complexity index is 872. The molecule has 4 nitrogen and oxygen atoms in total. The molecule has 0 radical (unpaired) electrons. The monoisotopic (exact) mass is 457 g/mol. The lowest BCUT2D eigenvalue weighted by Crippen LogP contribution is -2.55. The van der Waals surface area contributed by atoms with Crippen LogP contribution in [0.3, 0.4) is 0 Å². The Morgan fingerprint density at radius 3 is 2.45 bits per heavy atom. The van der Waals surface area contributed by atoms with Crippen molar-refractivity contribution in [3.05, 3.63) is 33.0 Å². The summed E-state index contributed by atoms with van der Waals surface area (Å²) in [5.74, 6) is 1.86. The second-order valence-corrected chi connectivity index (χ2v) is 13.4. The molecule has 2 saturated carbocycles. The number of fused-ring (bicyclic) bond motifs is 4. The fraction of sp³-hybridized carbons (Fsp3) is 0.862. The maximum atomic E-state index is 10.9. The molecular weight excluding hydrogens is 410 g/mol. The molecule has 0 aromatic carbocycles. The van der Waals surface area contributed by atoms with Gasteiger partial charge in [0.2, 0.25) is 5.70 Å². The van der Waals surface area contributed by atoms with E-state index < -0.39 is 0 Å². The summed E-state index contributed by atoms with van der Waals surface area (Å²) in [6.07, 6.45) is 13.1. The Morgan fingerprint density at radius 2 is 1.79 bits per heavy atom. The van der Waals surface area contributed by atoms with Gasteiger partial charge in [-0.1, -0.05) is 52.7 Å². The average Bonchev–Trinajstić information content (AvgIpc) is 3.02. The van der Waals surface area contributed by atoms with Crippen LogP contribution in [0.5, 0.6) is 0 Å². The third-order valence-electron chi connectivity index (χ3n) is 11.8. The zero-order valence-corrected chi connectivity index (χ0v) is 22.2. The molecule has 0 amide bonds. The molecule has 0 bridgehead atoms. The van der Waals surface area contributed by atoms with E-state index in [0.29, 0.717) is 23.2 Å². The number of rotatable bonds is 5. The minimum absolute atomic E-state index is 0.00465. The lowest BCUT2D eigenvalue weighted by atomic mass is 9.43. The quantitative estimate of drug-likeness (QED) is 0.261. The van der Waals surface area contributed by atoms with Crippen LogP contribution in [0, 0.1) is 49.5 Å². The molecule has 0 saturated heterocycles. The van der Waals surface area contributed by atoms with Crippen molar-refractivity contribution in [3.8, 4) is 0 Å². The topological polar surface area (TPSA) is 63.4 Å². The predicted molar refractivity (Wildman–Crippen MR) is 134 cm³/mol. The van der Waals surface area contributed by atoms with Crippen LogP contribution >= 0.6 is 0 Å². The molecule has 4 heteroatoms. The Labute approximate surface area is 201 Å². The van der Waals surface area contributed by atoms with Crippen LogP contribution in [0.4, 0.5) is 0 Å². The van der Waals surface area contributed by atoms with Crippen LogP contribution in [-0.4, -0.2) is 16.1 Å². The predicted octanol–water partition coefficient (Wildman–Crippen LogP) is 7.69. The summed E-state index contributed by atoms with van der Waals surface area (Å²) in [5, 5.41) is 21.8. The number of hydrogen-bond donors (Lipinski definition) is 1. The average molecular weight is 458 g/mol. The van der Waals surface area contributed by atoms with Crippen molar-refractivity contribution in [3.63, 3.8) is 0 Å². The number of nitrogens with zero attached hydrogens (tertiary/aromatic N) is 1. The molecule has 2 fully saturated rings. The SMILES string of the molecule is C/C(=C/CC[C@@H](C)[C@H]1CC[C@@]2(C)C3=C(CC[C@]12C)[C@@]1(C)CC[C@H](O)C(C)(C)[C@@H]1CC3)[N+](=O)[O-]. The first-order valence-corrected chi connectivity index (χ1v) is 13.5. The van der Waals surface area contributed by atoms with E-state index in [4.69, 9.17) is 0 Å². The zero-order valence-electron chi connectivity index (χ0n) is 22.2. The molecule has 0 aromatic heterocycles. The molecule has 0 heterocycles. The van der Waals surface area contributed by atoms with Crippen molar-refractivity contribution >= 4 is 0 Å². The largest absolute Gasteiger partial charge is 0.393 e. The molecule has 0 aromatic rings. The zero-order chi connectivity index (χ0) is 24.4. The van der Waals surface area contributed by atoms with Crippen molar-refractivity contribution in [2.45, 2.75) is 119 Å². The second-order valence-electron chi connectivity index (χ2n) is 13.4. The summed E-state index contributed by atoms with van der Waals surface area (Å²) in [5.41, 5.74) is 4.69. The third-order valence-corrected chi connectivity index (χ3v) is 11.8. The van der Waals surface area contributed by atoms with E-state index in [9.17, 15) is 15.2 Å². The van der Waals surface area contributed by atoms with E-state index in [1.54, 1.807) is 18.1 Å². The first kappa shape index (κ1) is 24.9. The van der Waals surface area contributed by atoms with Gasteiger partial charge in [-0.3, -0.25) is 10.1 Å². The summed E-state index contributed by atoms with van der Waals surface area (Å²) in [6.45, 7) is 16.3. The minimum atomic E-state index is -0.268. The van der Waals surface area contributed by atoms with Gasteiger partial charge in [0.1, 0.15) is 0 Å². The molecule has 33 heavy (non-hydrogen) atoms. The Balaban J connectivity index is 1.60. The van der Waals surface area contributed by atoms with Gasteiger partial charge in [0.25, 0.3) is 0 Å². The van der Waals surface area contributed by atoms with Gasteiger partial charge in [0, 0.05) is 6.92 Å². The van der Waals surface area contributed by atoms with E-state index in [1.807, 2.05) is 6.08 Å². The highest BCUT2D eigenvalue weighted by Gasteiger charge is 2.63. The van der Waals surface area contributed by atoms with E-state index in [2.05, 4.69) is 41.5 Å². The van der Waals surface area contributed by atoms with E-state index in [-0.39, 0.29) is 33.0 Å². The standard InChI is InChI=1S/C29H47NO3/c1-19(9-8-10-20(2)30(32)33)21-13-17-29(7)23-11-12-24-26(3,4)25(31)15-16-27(24,5)22(23)14-18-28(21,29)6/h10,19,21,24-25,31H,8-9,11-18H2,1-7H3/b20-10-/t19-,21-,24+,25+,27-,28-,29+/m1/s1. The molecule has 1 N–H and O–H groups in total. The van der Waals surface area contributed by atoms with E-state index in [1.165, 1.54) is 38.5 Å². The lowest BCUT2D eigenvalue weighted by molar-refractivity contribution is -0.424. The van der Waals surface area contributed by atoms with Crippen LogP contribution < -0.4 is 0 Å². The van der Waals surface area contributed by atoms with E-state index in [0.717, 1.165) is 25.7 Å². The molecule has 0 unspecified atom stereocenters. The maximum absolute atomic E-state index is 10.9. The number of allylic oxidation sites excluding steroid dienone is 4.